The van der Waals surface area contributed by atoms with Gasteiger partial charge in [0.05, 0.1) is 130 Å². The predicted molar refractivity (Wildman–Crippen MR) is 486 cm³/mol. The SMILES string of the molecule is CC[Si](CC)(CC)OO[C@@H]1[C@@H](OC(=N)C(Cl)(Cl)Cl)O[C@H](CO[C@H]2O[C@H](COCc3ccc(OC)cc3)[C@@H](OCc3ccc(OC)cc3)[C@H](OCc3ccc(OC)cc3)[C@@H]2O[C@H]2O[C@H](CO[Si](C)(C)C(C)(C)C)[C@@H](OCc3ccc(OC)cc3)[C@H](OCc3ccc(OC)cc3)[C@@H]2OCc2ccc(OC)cc2)[C@@H](OCc2ccc(OC)cc2)[C@@H]1OCc1ccc(OC)cc1. The number of alkyl halides is 3. The summed E-state index contributed by atoms with van der Waals surface area (Å²) < 4.78 is 160. The molecule has 8 aromatic carbocycles. The number of nitrogens with one attached hydrogen (secondary N) is 1. The van der Waals surface area contributed by atoms with E-state index in [1.54, 1.807) is 56.9 Å². The van der Waals surface area contributed by atoms with Gasteiger partial charge in [-0.3, -0.25) is 9.99 Å². The van der Waals surface area contributed by atoms with Gasteiger partial charge in [0, 0.05) is 0 Å². The van der Waals surface area contributed by atoms with Crippen molar-refractivity contribution < 1.29 is 118 Å². The molecule has 3 fully saturated rings. The van der Waals surface area contributed by atoms with Gasteiger partial charge < -0.3 is 109 Å². The molecule has 3 aliphatic rings. The summed E-state index contributed by atoms with van der Waals surface area (Å²) in [5, 5.41) is 9.01. The molecule has 11 rings (SSSR count). The van der Waals surface area contributed by atoms with Crippen LogP contribution in [0.4, 0.5) is 0 Å². The molecule has 31 heteroatoms. The zero-order chi connectivity index (χ0) is 90.7. The second-order valence-electron chi connectivity index (χ2n) is 32.7. The fourth-order valence-corrected chi connectivity index (χ4v) is 17.8. The molecule has 26 nitrogen and oxygen atoms in total. The fourth-order valence-electron chi connectivity index (χ4n) is 14.5. The molecule has 0 radical (unpaired) electrons. The number of benzene rings is 8. The zero-order valence-corrected chi connectivity index (χ0v) is 79.6. The lowest BCUT2D eigenvalue weighted by Gasteiger charge is -2.51. The highest BCUT2D eigenvalue weighted by Gasteiger charge is 2.58. The van der Waals surface area contributed by atoms with E-state index in [2.05, 4.69) is 54.6 Å². The highest BCUT2D eigenvalue weighted by atomic mass is 35.6. The Morgan fingerprint density at radius 3 is 0.898 bits per heavy atom. The van der Waals surface area contributed by atoms with E-state index in [9.17, 15) is 5.41 Å². The van der Waals surface area contributed by atoms with Gasteiger partial charge in [-0.15, -0.1) is 0 Å². The summed E-state index contributed by atoms with van der Waals surface area (Å²) in [6.07, 6.45) is -18.8. The number of hydrogen-bond donors (Lipinski definition) is 1. The van der Waals surface area contributed by atoms with Crippen LogP contribution >= 0.6 is 34.8 Å². The number of halogens is 3. The Kier molecular flexibility index (Phi) is 38.1. The van der Waals surface area contributed by atoms with E-state index in [0.717, 1.165) is 44.5 Å². The third-order valence-electron chi connectivity index (χ3n) is 23.6. The van der Waals surface area contributed by atoms with Gasteiger partial charge in [0.15, 0.2) is 27.0 Å². The third-order valence-corrected chi connectivity index (χ3v) is 32.9. The summed E-state index contributed by atoms with van der Waals surface area (Å²) in [6.45, 7) is 16.7. The maximum Gasteiger partial charge on any atom is 0.265 e. The van der Waals surface area contributed by atoms with E-state index in [0.29, 0.717) is 64.1 Å². The summed E-state index contributed by atoms with van der Waals surface area (Å²) in [7, 11) is 7.53. The molecule has 1 N–H and O–H groups in total. The Bertz CT molecular complexity index is 4530. The molecular formula is C96H124Cl3NO25Si2. The van der Waals surface area contributed by atoms with Crippen LogP contribution in [0.3, 0.4) is 0 Å². The molecule has 0 aliphatic carbocycles. The molecule has 0 spiro atoms. The Hall–Kier alpha value is -7.71. The largest absolute Gasteiger partial charge is 0.497 e. The lowest BCUT2D eigenvalue weighted by molar-refractivity contribution is -0.394. The molecule has 3 heterocycles. The van der Waals surface area contributed by atoms with Crippen molar-refractivity contribution in [2.75, 3.05) is 76.7 Å². The maximum atomic E-state index is 9.28. The van der Waals surface area contributed by atoms with Gasteiger partial charge in [-0.25, -0.2) is 4.89 Å². The van der Waals surface area contributed by atoms with Crippen molar-refractivity contribution in [3.8, 4) is 46.0 Å². The van der Waals surface area contributed by atoms with Crippen LogP contribution < -0.4 is 37.9 Å². The van der Waals surface area contributed by atoms with Crippen molar-refractivity contribution >= 4 is 57.3 Å². The van der Waals surface area contributed by atoms with Gasteiger partial charge in [-0.05, 0) is 178 Å². The highest BCUT2D eigenvalue weighted by molar-refractivity contribution is 6.76. The van der Waals surface area contributed by atoms with Gasteiger partial charge in [0.1, 0.15) is 113 Å². The van der Waals surface area contributed by atoms with Crippen LogP contribution in [-0.2, 0) is 133 Å². The second kappa shape index (κ2) is 48.4. The Balaban J connectivity index is 1.12. The van der Waals surface area contributed by atoms with Crippen LogP contribution in [-0.4, -0.2) is 195 Å². The summed E-state index contributed by atoms with van der Waals surface area (Å²) in [5.41, 5.74) is 6.28. The van der Waals surface area contributed by atoms with E-state index in [-0.39, 0.29) is 71.1 Å². The first-order valence-corrected chi connectivity index (χ1v) is 49.3. The first-order chi connectivity index (χ1) is 61.2. The molecule has 0 amide bonds. The monoisotopic (exact) mass is 1850 g/mol. The number of rotatable bonds is 48. The fraction of sp³-hybridized carbons (Fsp3) is 0.490. The summed E-state index contributed by atoms with van der Waals surface area (Å²) in [5.74, 6) is 4.36. The number of ether oxygens (including phenoxy) is 22. The van der Waals surface area contributed by atoms with Crippen molar-refractivity contribution in [2.45, 2.75) is 227 Å². The second-order valence-corrected chi connectivity index (χ2v) is 44.4. The topological polar surface area (TPSA) is 255 Å². The standard InChI is InChI=1S/C96H124Cl3NO25Si2/c1-17-127(18-2,19-3)125-124-90-87(115-58-69-32-48-77(107-13)49-33-69)83(111-54-65-24-40-73(103-9)41-25-65)80(120-93(90)123-94(100)96(97,98)99)61-117-91-89(86(114-57-68-30-46-76(106-12)47-31-68)82(110-53-64-22-38-72(102-8)39-23-64)79(119-91)60-109-52-63-20-36-71(101-7)37-21-63)122-92-88(116-59-70-34-50-78(108-14)51-35-70)85(113-56-67-28-44-75(105-11)45-29-67)84(112-55-66-26-42-74(104-10)43-27-66)81(121-92)62-118-126(15,16)95(4,5)6/h20-51,79-93,100H,17-19,52-62H2,1-16H3/t79-,80-,81-,82-,83-,84-,85+,86+,87+,88+,89+,90+,91+,92-,93-/m1/s1. The minimum absolute atomic E-state index is 0.00277. The molecule has 0 bridgehead atoms. The van der Waals surface area contributed by atoms with E-state index < -0.39 is 125 Å². The van der Waals surface area contributed by atoms with Crippen LogP contribution in [0.25, 0.3) is 0 Å². The van der Waals surface area contributed by atoms with Gasteiger partial charge in [-0.2, -0.15) is 0 Å². The van der Waals surface area contributed by atoms with E-state index in [1.165, 1.54) is 0 Å². The molecule has 692 valence electrons. The molecule has 3 saturated heterocycles. The van der Waals surface area contributed by atoms with E-state index in [1.807, 2.05) is 194 Å². The van der Waals surface area contributed by atoms with Crippen molar-refractivity contribution in [1.82, 2.24) is 0 Å². The Labute approximate surface area is 764 Å². The minimum atomic E-state index is -2.69. The molecule has 15 atom stereocenters. The van der Waals surface area contributed by atoms with Crippen molar-refractivity contribution in [2.24, 2.45) is 0 Å². The smallest absolute Gasteiger partial charge is 0.265 e. The van der Waals surface area contributed by atoms with Crippen molar-refractivity contribution in [1.29, 1.82) is 5.41 Å². The van der Waals surface area contributed by atoms with Gasteiger partial charge in [-0.1, -0.05) is 173 Å². The minimum Gasteiger partial charge on any atom is -0.497 e. The predicted octanol–water partition coefficient (Wildman–Crippen LogP) is 18.7. The number of hydrogen-bond acceptors (Lipinski definition) is 26. The molecule has 127 heavy (non-hydrogen) atoms. The zero-order valence-electron chi connectivity index (χ0n) is 75.4. The van der Waals surface area contributed by atoms with Gasteiger partial charge in [0.2, 0.25) is 20.5 Å². The quantitative estimate of drug-likeness (QED) is 0.00928. The average Bonchev–Trinajstić information content (AvgIpc) is 0.761. The summed E-state index contributed by atoms with van der Waals surface area (Å²) in [4.78, 5) is 6.78. The first-order valence-electron chi connectivity index (χ1n) is 42.7. The average molecular weight is 1850 g/mol. The first kappa shape index (κ1) is 99.9. The Morgan fingerprint density at radius 2 is 0.591 bits per heavy atom. The van der Waals surface area contributed by atoms with Crippen LogP contribution in [0.2, 0.25) is 36.3 Å². The van der Waals surface area contributed by atoms with E-state index >= 15 is 0 Å². The maximum absolute atomic E-state index is 9.28. The van der Waals surface area contributed by atoms with Gasteiger partial charge >= 0.3 is 0 Å². The van der Waals surface area contributed by atoms with Gasteiger partial charge in [0.25, 0.3) is 3.79 Å². The molecule has 0 unspecified atom stereocenters. The van der Waals surface area contributed by atoms with Crippen LogP contribution in [0.5, 0.6) is 46.0 Å². The highest BCUT2D eigenvalue weighted by Crippen LogP contribution is 2.43. The Morgan fingerprint density at radius 1 is 0.323 bits per heavy atom. The molecule has 0 aromatic heterocycles. The summed E-state index contributed by atoms with van der Waals surface area (Å²) in [6, 6.07) is 62.5. The van der Waals surface area contributed by atoms with Crippen molar-refractivity contribution in [3.63, 3.8) is 0 Å². The van der Waals surface area contributed by atoms with E-state index in [4.69, 9.17) is 153 Å². The van der Waals surface area contributed by atoms with Crippen LogP contribution in [0, 0.1) is 5.41 Å². The van der Waals surface area contributed by atoms with Crippen LogP contribution in [0.1, 0.15) is 86.1 Å². The lowest BCUT2D eigenvalue weighted by Crippen LogP contribution is -2.67. The summed E-state index contributed by atoms with van der Waals surface area (Å²) >= 11 is 19.8. The van der Waals surface area contributed by atoms with Crippen molar-refractivity contribution in [3.05, 3.63) is 239 Å². The lowest BCUT2D eigenvalue weighted by atomic mass is 9.95. The molecular weight excluding hydrogens is 1730 g/mol. The van der Waals surface area contributed by atoms with Crippen LogP contribution in [0.15, 0.2) is 194 Å². The third kappa shape index (κ3) is 28.2. The normalized spacial score (nSPS) is 22.8. The molecule has 0 saturated carbocycles. The molecule has 8 aromatic rings. The number of methoxy groups -OCH3 is 8. The molecule has 3 aliphatic heterocycles.